The fraction of sp³-hybridized carbons (Fsp3) is 0.196. The van der Waals surface area contributed by atoms with Crippen molar-refractivity contribution in [3.05, 3.63) is 138 Å². The van der Waals surface area contributed by atoms with E-state index in [2.05, 4.69) is 167 Å². The van der Waals surface area contributed by atoms with Gasteiger partial charge in [0, 0.05) is 44.4 Å². The molecule has 0 amide bonds. The molecule has 3 nitrogen and oxygen atoms in total. The Morgan fingerprint density at radius 2 is 1.32 bits per heavy atom. The number of nitriles is 1. The van der Waals surface area contributed by atoms with Crippen LogP contribution in [0, 0.1) is 18.3 Å². The van der Waals surface area contributed by atoms with Crippen LogP contribution in [0.2, 0.25) is 0 Å². The Morgan fingerprint density at radius 3 is 2.02 bits per heavy atom. The zero-order valence-corrected chi connectivity index (χ0v) is 29.9. The van der Waals surface area contributed by atoms with Crippen molar-refractivity contribution in [2.75, 3.05) is 4.90 Å². The Labute approximate surface area is 295 Å². The second-order valence-corrected chi connectivity index (χ2v) is 16.2. The first-order valence-corrected chi connectivity index (χ1v) is 17.7. The highest BCUT2D eigenvalue weighted by Gasteiger charge is 2.44. The standard InChI is InChI=1S/C46H40BN3/c1-28-34(30-19-17-29(27-48)18-20-30)26-41-43-42(28)37-25-32(46(5,6)7)24-36-35-23-31(45(2,3)4)21-22-39(35)50(44(36)37)47(43)38-15-11-12-16-40(38)49(41)33-13-9-8-10-14-33/h8-26H,1-7H3. The van der Waals surface area contributed by atoms with Gasteiger partial charge in [-0.3, -0.25) is 0 Å². The van der Waals surface area contributed by atoms with Crippen LogP contribution in [0.5, 0.6) is 0 Å². The third kappa shape index (κ3) is 4.29. The minimum Gasteiger partial charge on any atom is -0.375 e. The molecule has 0 fully saturated rings. The lowest BCUT2D eigenvalue weighted by molar-refractivity contribution is 0.590. The van der Waals surface area contributed by atoms with E-state index in [-0.39, 0.29) is 17.7 Å². The van der Waals surface area contributed by atoms with Crippen LogP contribution in [0.1, 0.15) is 63.8 Å². The maximum absolute atomic E-state index is 9.62. The number of fused-ring (bicyclic) bond motifs is 7. The molecule has 0 radical (unpaired) electrons. The van der Waals surface area contributed by atoms with Crippen molar-refractivity contribution < 1.29 is 0 Å². The first-order chi connectivity index (χ1) is 24.0. The predicted octanol–water partition coefficient (Wildman–Crippen LogP) is 10.7. The smallest absolute Gasteiger partial charge is 0.333 e. The van der Waals surface area contributed by atoms with Crippen LogP contribution in [0.15, 0.2) is 115 Å². The second kappa shape index (κ2) is 10.5. The van der Waals surface area contributed by atoms with Crippen molar-refractivity contribution in [1.29, 1.82) is 5.26 Å². The number of anilines is 3. The summed E-state index contributed by atoms with van der Waals surface area (Å²) in [5, 5.41) is 12.3. The van der Waals surface area contributed by atoms with Gasteiger partial charge in [-0.15, -0.1) is 0 Å². The molecule has 0 atom stereocenters. The highest BCUT2D eigenvalue weighted by Crippen LogP contribution is 2.49. The predicted molar refractivity (Wildman–Crippen MR) is 212 cm³/mol. The molecule has 2 aliphatic heterocycles. The van der Waals surface area contributed by atoms with Crippen LogP contribution in [-0.4, -0.2) is 11.3 Å². The Morgan fingerprint density at radius 1 is 0.640 bits per heavy atom. The molecule has 6 aromatic carbocycles. The summed E-state index contributed by atoms with van der Waals surface area (Å²) in [6.07, 6.45) is 0. The van der Waals surface area contributed by atoms with Gasteiger partial charge in [0.1, 0.15) is 0 Å². The van der Waals surface area contributed by atoms with E-state index in [1.807, 2.05) is 12.1 Å². The summed E-state index contributed by atoms with van der Waals surface area (Å²) in [7, 11) is 0. The van der Waals surface area contributed by atoms with Gasteiger partial charge >= 0.3 is 6.85 Å². The quantitative estimate of drug-likeness (QED) is 0.175. The number of rotatable bonds is 2. The lowest BCUT2D eigenvalue weighted by Gasteiger charge is -2.41. The zero-order chi connectivity index (χ0) is 34.7. The lowest BCUT2D eigenvalue weighted by atomic mass is 9.44. The van der Waals surface area contributed by atoms with E-state index in [0.29, 0.717) is 5.56 Å². The van der Waals surface area contributed by atoms with E-state index in [1.165, 1.54) is 77.5 Å². The molecule has 3 heterocycles. The number of hydrogen-bond acceptors (Lipinski definition) is 2. The summed E-state index contributed by atoms with van der Waals surface area (Å²) in [6.45, 7) is 16.2. The number of hydrogen-bond donors (Lipinski definition) is 0. The van der Waals surface area contributed by atoms with Gasteiger partial charge in [-0.1, -0.05) is 96.1 Å². The van der Waals surface area contributed by atoms with E-state index in [4.69, 9.17) is 0 Å². The molecular formula is C46H40BN3. The van der Waals surface area contributed by atoms with E-state index in [0.717, 1.165) is 11.3 Å². The van der Waals surface area contributed by atoms with Crippen molar-refractivity contribution >= 4 is 56.6 Å². The molecule has 0 saturated heterocycles. The van der Waals surface area contributed by atoms with Crippen LogP contribution in [0.25, 0.3) is 44.1 Å². The summed E-state index contributed by atoms with van der Waals surface area (Å²) in [6, 6.07) is 44.7. The third-order valence-corrected chi connectivity index (χ3v) is 11.1. The number of benzene rings is 6. The summed E-state index contributed by atoms with van der Waals surface area (Å²) in [5.41, 5.74) is 18.3. The molecule has 50 heavy (non-hydrogen) atoms. The minimum atomic E-state index is -0.0427. The van der Waals surface area contributed by atoms with Gasteiger partial charge in [0.2, 0.25) is 0 Å². The van der Waals surface area contributed by atoms with Gasteiger partial charge in [-0.2, -0.15) is 5.26 Å². The maximum atomic E-state index is 9.62. The molecule has 9 rings (SSSR count). The Hall–Kier alpha value is -5.53. The Balaban J connectivity index is 1.50. The van der Waals surface area contributed by atoms with Crippen molar-refractivity contribution in [2.24, 2.45) is 0 Å². The largest absolute Gasteiger partial charge is 0.375 e. The normalized spacial score (nSPS) is 13.4. The average Bonchev–Trinajstić information content (AvgIpc) is 3.44. The third-order valence-electron chi connectivity index (χ3n) is 11.1. The van der Waals surface area contributed by atoms with Crippen molar-refractivity contribution in [3.63, 3.8) is 0 Å². The summed E-state index contributed by atoms with van der Waals surface area (Å²) in [4.78, 5) is 2.47. The van der Waals surface area contributed by atoms with E-state index >= 15 is 0 Å². The molecule has 0 bridgehead atoms. The number of aromatic nitrogens is 1. The second-order valence-electron chi connectivity index (χ2n) is 16.2. The SMILES string of the molecule is Cc1c(-c2ccc(C#N)cc2)cc2c3c1-c1cc(C(C)(C)C)cc4c5cc(C(C)(C)C)ccc5n(c14)B3c1ccccc1N2c1ccccc1. The highest BCUT2D eigenvalue weighted by atomic mass is 15.2. The van der Waals surface area contributed by atoms with Crippen LogP contribution in [0.4, 0.5) is 17.1 Å². The fourth-order valence-corrected chi connectivity index (χ4v) is 8.49. The maximum Gasteiger partial charge on any atom is 0.333 e. The molecule has 0 unspecified atom stereocenters. The number of nitrogens with zero attached hydrogens (tertiary/aromatic N) is 3. The van der Waals surface area contributed by atoms with E-state index in [9.17, 15) is 5.26 Å². The van der Waals surface area contributed by atoms with Crippen LogP contribution >= 0.6 is 0 Å². The van der Waals surface area contributed by atoms with Gasteiger partial charge in [-0.25, -0.2) is 0 Å². The van der Waals surface area contributed by atoms with Crippen molar-refractivity contribution in [1.82, 2.24) is 4.48 Å². The van der Waals surface area contributed by atoms with Crippen LogP contribution in [0.3, 0.4) is 0 Å². The Kier molecular flexibility index (Phi) is 6.40. The van der Waals surface area contributed by atoms with Crippen molar-refractivity contribution in [2.45, 2.75) is 59.3 Å². The molecule has 0 spiro atoms. The van der Waals surface area contributed by atoms with Gasteiger partial charge < -0.3 is 9.38 Å². The molecule has 2 aliphatic rings. The first kappa shape index (κ1) is 30.5. The molecule has 0 N–H and O–H groups in total. The van der Waals surface area contributed by atoms with Gasteiger partial charge in [0.15, 0.2) is 0 Å². The lowest BCUT2D eigenvalue weighted by Crippen LogP contribution is -2.56. The summed E-state index contributed by atoms with van der Waals surface area (Å²) < 4.78 is 2.66. The molecule has 4 heteroatoms. The molecule has 0 saturated carbocycles. The summed E-state index contributed by atoms with van der Waals surface area (Å²) >= 11 is 0. The fourth-order valence-electron chi connectivity index (χ4n) is 8.49. The molecular weight excluding hydrogens is 605 g/mol. The zero-order valence-electron chi connectivity index (χ0n) is 29.9. The molecule has 0 aliphatic carbocycles. The molecule has 7 aromatic rings. The minimum absolute atomic E-state index is 0.00153. The first-order valence-electron chi connectivity index (χ1n) is 17.7. The molecule has 1 aromatic heterocycles. The van der Waals surface area contributed by atoms with Gasteiger partial charge in [0.05, 0.1) is 11.6 Å². The van der Waals surface area contributed by atoms with Crippen LogP contribution in [-0.2, 0) is 10.8 Å². The van der Waals surface area contributed by atoms with E-state index in [1.54, 1.807) is 0 Å². The molecule has 242 valence electrons. The number of para-hydroxylation sites is 2. The van der Waals surface area contributed by atoms with Crippen molar-refractivity contribution in [3.8, 4) is 28.3 Å². The monoisotopic (exact) mass is 645 g/mol. The van der Waals surface area contributed by atoms with E-state index < -0.39 is 0 Å². The summed E-state index contributed by atoms with van der Waals surface area (Å²) in [5.74, 6) is 0. The average molecular weight is 646 g/mol. The highest BCUT2D eigenvalue weighted by molar-refractivity contribution is 6.90. The van der Waals surface area contributed by atoms with Gasteiger partial charge in [-0.05, 0) is 123 Å². The van der Waals surface area contributed by atoms with Crippen LogP contribution < -0.4 is 15.8 Å². The Bertz CT molecular complexity index is 2570. The van der Waals surface area contributed by atoms with Gasteiger partial charge in [0.25, 0.3) is 0 Å². The topological polar surface area (TPSA) is 32.0 Å².